The van der Waals surface area contributed by atoms with Gasteiger partial charge in [-0.15, -0.1) is 0 Å². The molecule has 2 aromatic heterocycles. The quantitative estimate of drug-likeness (QED) is 0.441. The number of pyridine rings is 1. The Hall–Kier alpha value is -4.25. The van der Waals surface area contributed by atoms with E-state index < -0.39 is 0 Å². The summed E-state index contributed by atoms with van der Waals surface area (Å²) in [6, 6.07) is 11.4. The van der Waals surface area contributed by atoms with Gasteiger partial charge in [0.25, 0.3) is 5.56 Å². The number of carbonyl (C=O) groups is 2. The van der Waals surface area contributed by atoms with Crippen LogP contribution in [0.15, 0.2) is 60.0 Å². The van der Waals surface area contributed by atoms with E-state index in [0.717, 1.165) is 42.7 Å². The molecule has 11 nitrogen and oxygen atoms in total. The summed E-state index contributed by atoms with van der Waals surface area (Å²) in [5.74, 6) is 0.709. The average Bonchev–Trinajstić information content (AvgIpc) is 2.93. The Bertz CT molecular complexity index is 1420. The molecule has 1 N–H and O–H groups in total. The first-order valence-corrected chi connectivity index (χ1v) is 13.1. The zero-order valence-corrected chi connectivity index (χ0v) is 22.1. The summed E-state index contributed by atoms with van der Waals surface area (Å²) in [5.41, 5.74) is 2.46. The molecule has 204 valence electrons. The number of hydrogen-bond acceptors (Lipinski definition) is 8. The molecule has 2 aliphatic heterocycles. The summed E-state index contributed by atoms with van der Waals surface area (Å²) in [6.07, 6.45) is 3.55. The number of likely N-dealkylation sites (tertiary alicyclic amines) is 1. The minimum Gasteiger partial charge on any atom is -0.453 e. The molecule has 4 heterocycles. The highest BCUT2D eigenvalue weighted by molar-refractivity contribution is 5.87. The van der Waals surface area contributed by atoms with Gasteiger partial charge in [-0.25, -0.2) is 9.78 Å². The molecule has 2 saturated heterocycles. The van der Waals surface area contributed by atoms with E-state index in [1.807, 2.05) is 12.1 Å². The van der Waals surface area contributed by atoms with Crippen molar-refractivity contribution in [2.24, 2.45) is 5.92 Å². The maximum Gasteiger partial charge on any atom is 0.409 e. The average molecular weight is 532 g/mol. The van der Waals surface area contributed by atoms with Crippen LogP contribution >= 0.6 is 0 Å². The van der Waals surface area contributed by atoms with E-state index in [1.165, 1.54) is 13.2 Å². The van der Waals surface area contributed by atoms with E-state index in [-0.39, 0.29) is 17.6 Å². The van der Waals surface area contributed by atoms with Crippen LogP contribution < -0.4 is 10.9 Å². The summed E-state index contributed by atoms with van der Waals surface area (Å²) in [6.45, 7) is 9.03. The molecule has 0 atom stereocenters. The number of amides is 2. The van der Waals surface area contributed by atoms with Gasteiger partial charge in [0.1, 0.15) is 5.65 Å². The maximum atomic E-state index is 12.7. The normalized spacial score (nSPS) is 16.1. The van der Waals surface area contributed by atoms with Crippen molar-refractivity contribution >= 4 is 34.7 Å². The predicted molar refractivity (Wildman–Crippen MR) is 148 cm³/mol. The lowest BCUT2D eigenvalue weighted by Crippen LogP contribution is -2.49. The number of hydrogen-bond donors (Lipinski definition) is 1. The number of carbonyl (C=O) groups excluding carboxylic acids is 2. The van der Waals surface area contributed by atoms with Crippen LogP contribution in [0.1, 0.15) is 12.0 Å². The number of ether oxygens (including phenoxy) is 1. The fourth-order valence-electron chi connectivity index (χ4n) is 5.07. The largest absolute Gasteiger partial charge is 0.453 e. The first-order valence-electron chi connectivity index (χ1n) is 13.1. The molecule has 11 heteroatoms. The van der Waals surface area contributed by atoms with Crippen molar-refractivity contribution in [2.45, 2.75) is 19.5 Å². The van der Waals surface area contributed by atoms with E-state index in [1.54, 1.807) is 32.7 Å². The predicted octanol–water partition coefficient (Wildman–Crippen LogP) is 2.45. The Morgan fingerprint density at radius 3 is 2.67 bits per heavy atom. The highest BCUT2D eigenvalue weighted by Crippen LogP contribution is 2.22. The number of aryl methyl sites for hydroxylation is 1. The number of benzene rings is 1. The van der Waals surface area contributed by atoms with E-state index in [4.69, 9.17) is 9.72 Å². The van der Waals surface area contributed by atoms with Crippen molar-refractivity contribution in [1.82, 2.24) is 29.2 Å². The zero-order valence-electron chi connectivity index (χ0n) is 22.1. The van der Waals surface area contributed by atoms with Crippen LogP contribution in [0.3, 0.4) is 0 Å². The number of nitrogens with zero attached hydrogens (tertiary/aromatic N) is 6. The van der Waals surface area contributed by atoms with Gasteiger partial charge in [0.2, 0.25) is 11.9 Å². The first kappa shape index (κ1) is 26.4. The summed E-state index contributed by atoms with van der Waals surface area (Å²) >= 11 is 0. The van der Waals surface area contributed by atoms with Crippen LogP contribution in [0.5, 0.6) is 0 Å². The van der Waals surface area contributed by atoms with Crippen molar-refractivity contribution in [1.29, 1.82) is 0 Å². The molecule has 3 aromatic rings. The van der Waals surface area contributed by atoms with Crippen molar-refractivity contribution in [3.05, 3.63) is 71.2 Å². The molecule has 1 aromatic carbocycles. The molecule has 2 aliphatic rings. The number of rotatable bonds is 8. The Morgan fingerprint density at radius 2 is 1.92 bits per heavy atom. The number of methoxy groups -OCH3 is 1. The monoisotopic (exact) mass is 531 g/mol. The number of anilines is 2. The van der Waals surface area contributed by atoms with Gasteiger partial charge in [0.15, 0.2) is 0 Å². The SMILES string of the molecule is C=CC(=O)N1CC(CCn2c(=O)ccc3cnc(Nc4cccc(CN5CCN(C(=O)OC)CC5)c4)nc32)C1. The van der Waals surface area contributed by atoms with Crippen molar-refractivity contribution in [3.8, 4) is 0 Å². The fraction of sp³-hybridized carbons (Fsp3) is 0.393. The summed E-state index contributed by atoms with van der Waals surface area (Å²) in [7, 11) is 1.41. The minimum absolute atomic E-state index is 0.0535. The molecule has 0 radical (unpaired) electrons. The minimum atomic E-state index is -0.281. The number of nitrogens with one attached hydrogen (secondary N) is 1. The zero-order chi connectivity index (χ0) is 27.4. The van der Waals surface area contributed by atoms with Crippen molar-refractivity contribution in [2.75, 3.05) is 51.7 Å². The third kappa shape index (κ3) is 6.09. The topological polar surface area (TPSA) is 113 Å². The first-order chi connectivity index (χ1) is 18.9. The Morgan fingerprint density at radius 1 is 1.13 bits per heavy atom. The molecule has 39 heavy (non-hydrogen) atoms. The van der Waals surface area contributed by atoms with Crippen LogP contribution in [0.4, 0.5) is 16.4 Å². The molecule has 0 bridgehead atoms. The van der Waals surface area contributed by atoms with Crippen LogP contribution in [-0.4, -0.2) is 87.6 Å². The Kier molecular flexibility index (Phi) is 7.87. The molecule has 0 spiro atoms. The van der Waals surface area contributed by atoms with Crippen molar-refractivity contribution in [3.63, 3.8) is 0 Å². The lowest BCUT2D eigenvalue weighted by Gasteiger charge is -2.38. The number of piperazine rings is 1. The second-order valence-electron chi connectivity index (χ2n) is 9.96. The third-order valence-corrected chi connectivity index (χ3v) is 7.32. The van der Waals surface area contributed by atoms with Gasteiger partial charge in [0.05, 0.1) is 7.11 Å². The van der Waals surface area contributed by atoms with Gasteiger partial charge >= 0.3 is 6.09 Å². The highest BCUT2D eigenvalue weighted by atomic mass is 16.5. The second kappa shape index (κ2) is 11.6. The summed E-state index contributed by atoms with van der Waals surface area (Å²) in [4.78, 5) is 51.1. The second-order valence-corrected chi connectivity index (χ2v) is 9.96. The molecule has 0 aliphatic carbocycles. The molecule has 5 rings (SSSR count). The van der Waals surface area contributed by atoms with Gasteiger partial charge in [-0.1, -0.05) is 18.7 Å². The summed E-state index contributed by atoms with van der Waals surface area (Å²) < 4.78 is 6.50. The van der Waals surface area contributed by atoms with Gasteiger partial charge in [0, 0.05) is 75.7 Å². The Labute approximate surface area is 226 Å². The van der Waals surface area contributed by atoms with Crippen LogP contribution in [0.25, 0.3) is 11.0 Å². The lowest BCUT2D eigenvalue weighted by atomic mass is 9.96. The van der Waals surface area contributed by atoms with Crippen molar-refractivity contribution < 1.29 is 14.3 Å². The molecular formula is C28H33N7O4. The van der Waals surface area contributed by atoms with Gasteiger partial charge in [-0.05, 0) is 42.2 Å². The molecular weight excluding hydrogens is 498 g/mol. The molecule has 0 saturated carbocycles. The number of aromatic nitrogens is 3. The van der Waals surface area contributed by atoms with Crippen LogP contribution in [-0.2, 0) is 22.6 Å². The standard InChI is InChI=1S/C28H33N7O4/c1-3-24(36)34-18-21(19-34)9-10-35-25(37)8-7-22-16-29-27(31-26(22)35)30-23-6-4-5-20(15-23)17-32-11-13-33(14-12-32)28(38)39-2/h3-8,15-16,21H,1,9-14,17-19H2,2H3,(H,29,30,31). The van der Waals surface area contributed by atoms with E-state index >= 15 is 0 Å². The molecule has 2 amide bonds. The van der Waals surface area contributed by atoms with E-state index in [2.05, 4.69) is 33.9 Å². The van der Waals surface area contributed by atoms with Crippen LogP contribution in [0.2, 0.25) is 0 Å². The fourth-order valence-corrected chi connectivity index (χ4v) is 5.07. The van der Waals surface area contributed by atoms with Gasteiger partial charge in [-0.3, -0.25) is 19.1 Å². The highest BCUT2D eigenvalue weighted by Gasteiger charge is 2.29. The third-order valence-electron chi connectivity index (χ3n) is 7.32. The lowest BCUT2D eigenvalue weighted by molar-refractivity contribution is -0.132. The van der Waals surface area contributed by atoms with Crippen LogP contribution in [0, 0.1) is 5.92 Å². The molecule has 2 fully saturated rings. The smallest absolute Gasteiger partial charge is 0.409 e. The summed E-state index contributed by atoms with van der Waals surface area (Å²) in [5, 5.41) is 4.07. The Balaban J connectivity index is 1.24. The van der Waals surface area contributed by atoms with E-state index in [0.29, 0.717) is 50.2 Å². The van der Waals surface area contributed by atoms with Gasteiger partial charge < -0.3 is 19.9 Å². The van der Waals surface area contributed by atoms with E-state index in [9.17, 15) is 14.4 Å². The number of fused-ring (bicyclic) bond motifs is 1. The van der Waals surface area contributed by atoms with Gasteiger partial charge in [-0.2, -0.15) is 4.98 Å². The molecule has 0 unspecified atom stereocenters. The maximum absolute atomic E-state index is 12.7.